The van der Waals surface area contributed by atoms with Crippen molar-refractivity contribution in [2.75, 3.05) is 18.6 Å². The van der Waals surface area contributed by atoms with Crippen LogP contribution in [0.1, 0.15) is 32.6 Å². The molecule has 0 aliphatic rings. The van der Waals surface area contributed by atoms with Gasteiger partial charge in [-0.05, 0) is 31.0 Å². The van der Waals surface area contributed by atoms with Crippen molar-refractivity contribution in [2.45, 2.75) is 32.6 Å². The smallest absolute Gasteiger partial charge is 0.303 e. The van der Waals surface area contributed by atoms with Crippen LogP contribution in [0.2, 0.25) is 0 Å². The van der Waals surface area contributed by atoms with Gasteiger partial charge in [0.2, 0.25) is 5.91 Å². The summed E-state index contributed by atoms with van der Waals surface area (Å²) in [5, 5.41) is 9.23. The van der Waals surface area contributed by atoms with Crippen molar-refractivity contribution in [3.05, 3.63) is 18.2 Å². The molecule has 1 amide bonds. The lowest BCUT2D eigenvalue weighted by Gasteiger charge is -2.21. The Morgan fingerprint density at radius 3 is 2.74 bits per heavy atom. The fourth-order valence-electron chi connectivity index (χ4n) is 2.34. The number of amides is 1. The molecule has 7 heteroatoms. The van der Waals surface area contributed by atoms with Gasteiger partial charge in [-0.1, -0.05) is 17.8 Å². The Labute approximate surface area is 138 Å². The van der Waals surface area contributed by atoms with E-state index in [0.29, 0.717) is 18.2 Å². The van der Waals surface area contributed by atoms with Crippen molar-refractivity contribution in [1.29, 1.82) is 0 Å². The maximum atomic E-state index is 11.9. The zero-order valence-electron chi connectivity index (χ0n) is 13.2. The summed E-state index contributed by atoms with van der Waals surface area (Å²) >= 11 is 1.44. The molecule has 0 saturated carbocycles. The van der Waals surface area contributed by atoms with Gasteiger partial charge < -0.3 is 14.7 Å². The van der Waals surface area contributed by atoms with E-state index in [2.05, 4.69) is 4.98 Å². The number of carbonyl (C=O) groups is 2. The number of hydrogen-bond acceptors (Lipinski definition) is 5. The average molecular weight is 336 g/mol. The van der Waals surface area contributed by atoms with Crippen LogP contribution in [0.5, 0.6) is 5.19 Å². The summed E-state index contributed by atoms with van der Waals surface area (Å²) in [7, 11) is 1.58. The summed E-state index contributed by atoms with van der Waals surface area (Å²) in [6.07, 6.45) is 2.36. The van der Waals surface area contributed by atoms with Gasteiger partial charge in [0.1, 0.15) is 0 Å². The molecule has 1 aromatic carbocycles. The SMILES string of the molecule is COc1nc2ccc(N(CCCCCC(=O)O)C(C)=O)cc2s1. The van der Waals surface area contributed by atoms with Crippen LogP contribution in [0.25, 0.3) is 10.2 Å². The van der Waals surface area contributed by atoms with Gasteiger partial charge in [-0.15, -0.1) is 0 Å². The van der Waals surface area contributed by atoms with Crippen LogP contribution in [0.15, 0.2) is 18.2 Å². The number of fused-ring (bicyclic) bond motifs is 1. The van der Waals surface area contributed by atoms with E-state index in [1.165, 1.54) is 18.3 Å². The predicted octanol–water partition coefficient (Wildman–Crippen LogP) is 3.30. The summed E-state index contributed by atoms with van der Waals surface area (Å²) in [5.41, 5.74) is 1.68. The Morgan fingerprint density at radius 1 is 1.30 bits per heavy atom. The molecular formula is C16H20N2O4S. The Hall–Kier alpha value is -2.15. The van der Waals surface area contributed by atoms with Gasteiger partial charge in [0, 0.05) is 25.6 Å². The van der Waals surface area contributed by atoms with Crippen molar-refractivity contribution < 1.29 is 19.4 Å². The highest BCUT2D eigenvalue weighted by molar-refractivity contribution is 7.20. The Bertz CT molecular complexity index is 698. The third-order valence-corrected chi connectivity index (χ3v) is 4.47. The van der Waals surface area contributed by atoms with E-state index >= 15 is 0 Å². The molecule has 1 heterocycles. The first-order chi connectivity index (χ1) is 11.0. The molecule has 0 radical (unpaired) electrons. The fourth-order valence-corrected chi connectivity index (χ4v) is 3.15. The van der Waals surface area contributed by atoms with Crippen LogP contribution in [-0.2, 0) is 9.59 Å². The van der Waals surface area contributed by atoms with Crippen molar-refractivity contribution in [1.82, 2.24) is 4.98 Å². The summed E-state index contributed by atoms with van der Waals surface area (Å²) < 4.78 is 6.11. The number of rotatable bonds is 8. The number of thiazole rings is 1. The molecule has 1 N–H and O–H groups in total. The van der Waals surface area contributed by atoms with Gasteiger partial charge in [0.15, 0.2) is 0 Å². The van der Waals surface area contributed by atoms with E-state index in [1.807, 2.05) is 18.2 Å². The number of carboxylic acids is 1. The minimum absolute atomic E-state index is 0.0286. The summed E-state index contributed by atoms with van der Waals surface area (Å²) in [6.45, 7) is 2.12. The molecule has 2 aromatic rings. The molecule has 0 spiro atoms. The molecule has 124 valence electrons. The normalized spacial score (nSPS) is 10.7. The number of methoxy groups -OCH3 is 1. The van der Waals surface area contributed by atoms with Gasteiger partial charge >= 0.3 is 5.97 Å². The average Bonchev–Trinajstić information content (AvgIpc) is 2.92. The highest BCUT2D eigenvalue weighted by Gasteiger charge is 2.13. The zero-order valence-corrected chi connectivity index (χ0v) is 14.1. The minimum atomic E-state index is -0.780. The predicted molar refractivity (Wildman–Crippen MR) is 90.3 cm³/mol. The summed E-state index contributed by atoms with van der Waals surface area (Å²) in [5.74, 6) is -0.808. The number of ether oxygens (including phenoxy) is 1. The van der Waals surface area contributed by atoms with E-state index in [-0.39, 0.29) is 12.3 Å². The molecule has 0 saturated heterocycles. The number of carbonyl (C=O) groups excluding carboxylic acids is 1. The van der Waals surface area contributed by atoms with E-state index < -0.39 is 5.97 Å². The number of benzene rings is 1. The number of hydrogen-bond donors (Lipinski definition) is 1. The van der Waals surface area contributed by atoms with Gasteiger partial charge in [-0.25, -0.2) is 4.98 Å². The molecule has 2 rings (SSSR count). The number of anilines is 1. The molecule has 0 aliphatic heterocycles. The molecule has 0 atom stereocenters. The molecular weight excluding hydrogens is 316 g/mol. The quantitative estimate of drug-likeness (QED) is 0.748. The standard InChI is InChI=1S/C16H20N2O4S/c1-11(19)18(9-5-3-4-6-15(20)21)12-7-8-13-14(10-12)23-16(17-13)22-2/h7-8,10H,3-6,9H2,1-2H3,(H,20,21). The monoisotopic (exact) mass is 336 g/mol. The Balaban J connectivity index is 2.05. The number of nitrogens with zero attached hydrogens (tertiary/aromatic N) is 2. The minimum Gasteiger partial charge on any atom is -0.481 e. The van der Waals surface area contributed by atoms with Crippen molar-refractivity contribution >= 4 is 39.1 Å². The first-order valence-electron chi connectivity index (χ1n) is 7.45. The molecule has 23 heavy (non-hydrogen) atoms. The first kappa shape index (κ1) is 17.2. The highest BCUT2D eigenvalue weighted by atomic mass is 32.1. The maximum Gasteiger partial charge on any atom is 0.303 e. The van der Waals surface area contributed by atoms with Crippen molar-refractivity contribution in [3.8, 4) is 5.19 Å². The Kier molecular flexibility index (Phi) is 5.92. The number of aliphatic carboxylic acids is 1. The van der Waals surface area contributed by atoms with Crippen LogP contribution in [0.4, 0.5) is 5.69 Å². The third-order valence-electron chi connectivity index (χ3n) is 3.49. The third kappa shape index (κ3) is 4.66. The lowest BCUT2D eigenvalue weighted by atomic mass is 10.1. The van der Waals surface area contributed by atoms with Crippen LogP contribution in [-0.4, -0.2) is 35.6 Å². The summed E-state index contributed by atoms with van der Waals surface area (Å²) in [4.78, 5) is 28.4. The van der Waals surface area contributed by atoms with Crippen molar-refractivity contribution in [2.24, 2.45) is 0 Å². The van der Waals surface area contributed by atoms with E-state index in [4.69, 9.17) is 9.84 Å². The second-order valence-corrected chi connectivity index (χ2v) is 6.20. The number of carboxylic acid groups (broad SMARTS) is 1. The van der Waals surface area contributed by atoms with Gasteiger partial charge in [-0.3, -0.25) is 9.59 Å². The topological polar surface area (TPSA) is 79.7 Å². The summed E-state index contributed by atoms with van der Waals surface area (Å²) in [6, 6.07) is 5.69. The molecule has 0 aliphatic carbocycles. The van der Waals surface area contributed by atoms with Crippen LogP contribution in [0.3, 0.4) is 0 Å². The van der Waals surface area contributed by atoms with Gasteiger partial charge in [0.05, 0.1) is 17.3 Å². The molecule has 0 bridgehead atoms. The van der Waals surface area contributed by atoms with Crippen molar-refractivity contribution in [3.63, 3.8) is 0 Å². The second kappa shape index (κ2) is 7.92. The van der Waals surface area contributed by atoms with E-state index in [1.54, 1.807) is 12.0 Å². The highest BCUT2D eigenvalue weighted by Crippen LogP contribution is 2.31. The molecule has 0 fully saturated rings. The van der Waals surface area contributed by atoms with Crippen LogP contribution < -0.4 is 9.64 Å². The van der Waals surface area contributed by atoms with Crippen LogP contribution in [0, 0.1) is 0 Å². The second-order valence-electron chi connectivity index (χ2n) is 5.21. The molecule has 1 aromatic heterocycles. The van der Waals surface area contributed by atoms with Crippen LogP contribution >= 0.6 is 11.3 Å². The lowest BCUT2D eigenvalue weighted by Crippen LogP contribution is -2.29. The van der Waals surface area contributed by atoms with E-state index in [9.17, 15) is 9.59 Å². The maximum absolute atomic E-state index is 11.9. The Morgan fingerprint density at radius 2 is 2.09 bits per heavy atom. The largest absolute Gasteiger partial charge is 0.481 e. The number of aromatic nitrogens is 1. The molecule has 6 nitrogen and oxygen atoms in total. The fraction of sp³-hybridized carbons (Fsp3) is 0.438. The van der Waals surface area contributed by atoms with Gasteiger partial charge in [0.25, 0.3) is 5.19 Å². The van der Waals surface area contributed by atoms with Gasteiger partial charge in [-0.2, -0.15) is 0 Å². The first-order valence-corrected chi connectivity index (χ1v) is 8.27. The number of unbranched alkanes of at least 4 members (excludes halogenated alkanes) is 2. The lowest BCUT2D eigenvalue weighted by molar-refractivity contribution is -0.137. The molecule has 0 unspecified atom stereocenters. The zero-order chi connectivity index (χ0) is 16.8. The van der Waals surface area contributed by atoms with E-state index in [0.717, 1.165) is 28.7 Å².